The molecule has 0 heterocycles. The zero-order valence-electron chi connectivity index (χ0n) is 8.60. The summed E-state index contributed by atoms with van der Waals surface area (Å²) >= 11 is 0. The van der Waals surface area contributed by atoms with Crippen molar-refractivity contribution in [2.24, 2.45) is 5.92 Å². The Morgan fingerprint density at radius 1 is 1.08 bits per heavy atom. The predicted molar refractivity (Wildman–Crippen MR) is 55.6 cm³/mol. The molecule has 0 aromatic heterocycles. The molecule has 0 aromatic carbocycles. The lowest BCUT2D eigenvalue weighted by molar-refractivity contribution is 0.359. The fraction of sp³-hybridized carbons (Fsp3) is 1.00. The molecule has 1 aliphatic rings. The van der Waals surface area contributed by atoms with Crippen LogP contribution < -0.4 is 0 Å². The van der Waals surface area contributed by atoms with Crippen LogP contribution >= 0.6 is 0 Å². The van der Waals surface area contributed by atoms with Crippen LogP contribution in [0.2, 0.25) is 5.31 Å². The van der Waals surface area contributed by atoms with Crippen LogP contribution in [0, 0.1) is 5.92 Å². The molecule has 0 saturated heterocycles. The quantitative estimate of drug-likeness (QED) is 0.478. The highest BCUT2D eigenvalue weighted by Gasteiger charge is 2.24. The second-order valence-electron chi connectivity index (χ2n) is 4.71. The third-order valence-corrected chi connectivity index (χ3v) is 3.48. The first-order chi connectivity index (χ1) is 5.63. The third-order valence-electron chi connectivity index (χ3n) is 3.48. The summed E-state index contributed by atoms with van der Waals surface area (Å²) in [7, 11) is 6.26. The first-order valence-corrected chi connectivity index (χ1v) is 5.42. The SMILES string of the molecule is [B]C1(C)CCCCCCCC1C. The standard InChI is InChI=1S/C11H21B/c1-10-8-6-4-3-5-7-9-11(10,2)12/h10H,3-9H2,1-2H3. The molecule has 0 amide bonds. The van der Waals surface area contributed by atoms with Crippen molar-refractivity contribution in [3.63, 3.8) is 0 Å². The monoisotopic (exact) mass is 164 g/mol. The van der Waals surface area contributed by atoms with E-state index in [2.05, 4.69) is 13.8 Å². The molecular weight excluding hydrogens is 143 g/mol. The van der Waals surface area contributed by atoms with Gasteiger partial charge in [-0.1, -0.05) is 64.1 Å². The highest BCUT2D eigenvalue weighted by molar-refractivity contribution is 6.15. The van der Waals surface area contributed by atoms with E-state index in [1.54, 1.807) is 0 Å². The van der Waals surface area contributed by atoms with Gasteiger partial charge in [0.1, 0.15) is 0 Å². The van der Waals surface area contributed by atoms with Crippen LogP contribution in [0.1, 0.15) is 58.8 Å². The van der Waals surface area contributed by atoms with Gasteiger partial charge < -0.3 is 0 Å². The van der Waals surface area contributed by atoms with Crippen molar-refractivity contribution in [2.75, 3.05) is 0 Å². The molecule has 0 N–H and O–H groups in total. The molecule has 1 saturated carbocycles. The molecule has 2 radical (unpaired) electrons. The molecule has 2 unspecified atom stereocenters. The average Bonchev–Trinajstić information content (AvgIpc) is 2.06. The molecular formula is C11H21B. The van der Waals surface area contributed by atoms with E-state index in [4.69, 9.17) is 7.85 Å². The lowest BCUT2D eigenvalue weighted by Crippen LogP contribution is -2.17. The minimum Gasteiger partial charge on any atom is -0.0674 e. The van der Waals surface area contributed by atoms with E-state index in [9.17, 15) is 0 Å². The zero-order chi connectivity index (χ0) is 9.03. The molecule has 0 bridgehead atoms. The van der Waals surface area contributed by atoms with Crippen LogP contribution in [0.25, 0.3) is 0 Å². The van der Waals surface area contributed by atoms with E-state index in [-0.39, 0.29) is 5.31 Å². The van der Waals surface area contributed by atoms with Crippen molar-refractivity contribution in [3.8, 4) is 0 Å². The number of hydrogen-bond acceptors (Lipinski definition) is 0. The summed E-state index contributed by atoms with van der Waals surface area (Å²) in [6.45, 7) is 4.54. The molecule has 1 fully saturated rings. The van der Waals surface area contributed by atoms with E-state index in [0.717, 1.165) is 0 Å². The molecule has 12 heavy (non-hydrogen) atoms. The van der Waals surface area contributed by atoms with E-state index < -0.39 is 0 Å². The van der Waals surface area contributed by atoms with E-state index in [1.807, 2.05) is 0 Å². The first kappa shape index (κ1) is 10.1. The predicted octanol–water partition coefficient (Wildman–Crippen LogP) is 3.71. The maximum Gasteiger partial charge on any atom is 0.0746 e. The summed E-state index contributed by atoms with van der Waals surface area (Å²) in [6.07, 6.45) is 9.48. The molecule has 1 heteroatoms. The van der Waals surface area contributed by atoms with Crippen LogP contribution in [0.3, 0.4) is 0 Å². The molecule has 68 valence electrons. The van der Waals surface area contributed by atoms with E-state index in [1.165, 1.54) is 44.9 Å². The fourth-order valence-corrected chi connectivity index (χ4v) is 2.06. The van der Waals surface area contributed by atoms with Crippen LogP contribution in [0.5, 0.6) is 0 Å². The van der Waals surface area contributed by atoms with Gasteiger partial charge in [0.25, 0.3) is 0 Å². The first-order valence-electron chi connectivity index (χ1n) is 5.42. The van der Waals surface area contributed by atoms with Gasteiger partial charge in [-0.2, -0.15) is 0 Å². The van der Waals surface area contributed by atoms with Gasteiger partial charge in [0, 0.05) is 0 Å². The summed E-state index contributed by atoms with van der Waals surface area (Å²) in [5.41, 5.74) is 0. The van der Waals surface area contributed by atoms with Crippen LogP contribution in [-0.4, -0.2) is 7.85 Å². The molecule has 0 aliphatic heterocycles. The summed E-state index contributed by atoms with van der Waals surface area (Å²) in [5, 5.41) is 0.102. The number of hydrogen-bond donors (Lipinski definition) is 0. The van der Waals surface area contributed by atoms with Crippen molar-refractivity contribution in [3.05, 3.63) is 0 Å². The van der Waals surface area contributed by atoms with Crippen LogP contribution in [0.4, 0.5) is 0 Å². The van der Waals surface area contributed by atoms with Gasteiger partial charge in [0.2, 0.25) is 0 Å². The van der Waals surface area contributed by atoms with Gasteiger partial charge in [-0.05, 0) is 5.92 Å². The Morgan fingerprint density at radius 2 is 1.67 bits per heavy atom. The van der Waals surface area contributed by atoms with Gasteiger partial charge in [-0.25, -0.2) is 0 Å². The second-order valence-corrected chi connectivity index (χ2v) is 4.71. The summed E-state index contributed by atoms with van der Waals surface area (Å²) in [5.74, 6) is 0.704. The summed E-state index contributed by atoms with van der Waals surface area (Å²) in [4.78, 5) is 0. The van der Waals surface area contributed by atoms with Crippen molar-refractivity contribution in [1.29, 1.82) is 0 Å². The smallest absolute Gasteiger partial charge is 0.0674 e. The minimum atomic E-state index is 0.102. The van der Waals surface area contributed by atoms with Crippen molar-refractivity contribution in [2.45, 2.75) is 64.1 Å². The normalized spacial score (nSPS) is 39.7. The Hall–Kier alpha value is 0.0649. The lowest BCUT2D eigenvalue weighted by atomic mass is 9.59. The maximum atomic E-state index is 6.26. The highest BCUT2D eigenvalue weighted by atomic mass is 14.3. The van der Waals surface area contributed by atoms with Crippen LogP contribution in [-0.2, 0) is 0 Å². The van der Waals surface area contributed by atoms with Crippen LogP contribution in [0.15, 0.2) is 0 Å². The van der Waals surface area contributed by atoms with Crippen molar-refractivity contribution < 1.29 is 0 Å². The average molecular weight is 164 g/mol. The molecule has 1 rings (SSSR count). The van der Waals surface area contributed by atoms with E-state index >= 15 is 0 Å². The van der Waals surface area contributed by atoms with Gasteiger partial charge in [0.05, 0.1) is 7.85 Å². The second kappa shape index (κ2) is 4.34. The molecule has 0 aromatic rings. The highest BCUT2D eigenvalue weighted by Crippen LogP contribution is 2.40. The van der Waals surface area contributed by atoms with Gasteiger partial charge in [0.15, 0.2) is 0 Å². The Bertz CT molecular complexity index is 129. The minimum absolute atomic E-state index is 0.102. The number of rotatable bonds is 0. The third kappa shape index (κ3) is 2.84. The Kier molecular flexibility index (Phi) is 3.67. The maximum absolute atomic E-state index is 6.26. The molecule has 2 atom stereocenters. The summed E-state index contributed by atoms with van der Waals surface area (Å²) in [6, 6.07) is 0. The largest absolute Gasteiger partial charge is 0.0746 e. The van der Waals surface area contributed by atoms with Gasteiger partial charge >= 0.3 is 0 Å². The zero-order valence-corrected chi connectivity index (χ0v) is 8.60. The molecule has 0 nitrogen and oxygen atoms in total. The molecule has 1 aliphatic carbocycles. The topological polar surface area (TPSA) is 0 Å². The molecule has 0 spiro atoms. The van der Waals surface area contributed by atoms with Crippen molar-refractivity contribution in [1.82, 2.24) is 0 Å². The van der Waals surface area contributed by atoms with Crippen molar-refractivity contribution >= 4 is 7.85 Å². The summed E-state index contributed by atoms with van der Waals surface area (Å²) < 4.78 is 0. The Balaban J connectivity index is 2.47. The van der Waals surface area contributed by atoms with Gasteiger partial charge in [-0.15, -0.1) is 0 Å². The Morgan fingerprint density at radius 3 is 2.42 bits per heavy atom. The fourth-order valence-electron chi connectivity index (χ4n) is 2.06. The Labute approximate surface area is 78.5 Å². The van der Waals surface area contributed by atoms with E-state index in [0.29, 0.717) is 5.92 Å². The lowest BCUT2D eigenvalue weighted by Gasteiger charge is -2.32. The van der Waals surface area contributed by atoms with Gasteiger partial charge in [-0.3, -0.25) is 0 Å².